The van der Waals surface area contributed by atoms with Gasteiger partial charge in [-0.3, -0.25) is 0 Å². The first-order valence-electron chi connectivity index (χ1n) is 8.08. The van der Waals surface area contributed by atoms with Crippen LogP contribution in [-0.2, 0) is 4.74 Å². The van der Waals surface area contributed by atoms with Gasteiger partial charge in [-0.25, -0.2) is 14.8 Å². The van der Waals surface area contributed by atoms with Gasteiger partial charge < -0.3 is 4.74 Å². The minimum absolute atomic E-state index is 0.0845. The predicted octanol–water partition coefficient (Wildman–Crippen LogP) is 5.36. The fourth-order valence-electron chi connectivity index (χ4n) is 2.49. The van der Waals surface area contributed by atoms with Gasteiger partial charge in [-0.15, -0.1) is 11.8 Å². The molecule has 4 nitrogen and oxygen atoms in total. The van der Waals surface area contributed by atoms with Crippen molar-refractivity contribution >= 4 is 29.3 Å². The molecule has 0 saturated carbocycles. The summed E-state index contributed by atoms with van der Waals surface area (Å²) in [7, 11) is 0. The summed E-state index contributed by atoms with van der Waals surface area (Å²) >= 11 is 8.01. The molecule has 3 aromatic rings. The van der Waals surface area contributed by atoms with Crippen molar-refractivity contribution in [3.05, 3.63) is 65.3 Å². The average molecular weight is 385 g/mol. The topological polar surface area (TPSA) is 52.1 Å². The zero-order chi connectivity index (χ0) is 18.5. The molecule has 0 fully saturated rings. The summed E-state index contributed by atoms with van der Waals surface area (Å²) < 4.78 is 5.15. The number of carbonyl (C=O) groups is 1. The highest BCUT2D eigenvalue weighted by molar-refractivity contribution is 7.98. The van der Waals surface area contributed by atoms with Crippen LogP contribution in [0.5, 0.6) is 0 Å². The molecular formula is C20H17ClN2O2S. The van der Waals surface area contributed by atoms with Crippen molar-refractivity contribution in [2.45, 2.75) is 11.8 Å². The number of ether oxygens (including phenoxy) is 1. The van der Waals surface area contributed by atoms with Crippen LogP contribution < -0.4 is 0 Å². The van der Waals surface area contributed by atoms with Crippen LogP contribution in [0.3, 0.4) is 0 Å². The molecule has 0 bridgehead atoms. The van der Waals surface area contributed by atoms with E-state index in [2.05, 4.69) is 9.97 Å². The number of aromatic nitrogens is 2. The molecule has 1 aromatic heterocycles. The van der Waals surface area contributed by atoms with Crippen molar-refractivity contribution < 1.29 is 9.53 Å². The average Bonchev–Trinajstić information content (AvgIpc) is 2.68. The first kappa shape index (κ1) is 18.4. The molecule has 2 aromatic carbocycles. The summed E-state index contributed by atoms with van der Waals surface area (Å²) in [5.41, 5.74) is 2.26. The summed E-state index contributed by atoms with van der Waals surface area (Å²) in [6.07, 6.45) is 2.01. The SMILES string of the molecule is CCOC(=O)c1c(Cl)nc(-c2ccccc2)nc1-c1ccc(SC)cc1. The van der Waals surface area contributed by atoms with E-state index in [0.717, 1.165) is 16.0 Å². The van der Waals surface area contributed by atoms with Crippen molar-refractivity contribution in [3.8, 4) is 22.6 Å². The Kier molecular flexibility index (Phi) is 5.91. The van der Waals surface area contributed by atoms with Gasteiger partial charge in [-0.2, -0.15) is 0 Å². The van der Waals surface area contributed by atoms with E-state index >= 15 is 0 Å². The van der Waals surface area contributed by atoms with E-state index in [4.69, 9.17) is 16.3 Å². The van der Waals surface area contributed by atoms with E-state index in [1.807, 2.05) is 60.9 Å². The van der Waals surface area contributed by atoms with Gasteiger partial charge in [-0.1, -0.05) is 54.1 Å². The molecule has 0 N–H and O–H groups in total. The Morgan fingerprint density at radius 3 is 2.35 bits per heavy atom. The van der Waals surface area contributed by atoms with Crippen LogP contribution >= 0.6 is 23.4 Å². The third-order valence-corrected chi connectivity index (χ3v) is 4.76. The van der Waals surface area contributed by atoms with Crippen molar-refractivity contribution in [2.75, 3.05) is 12.9 Å². The first-order valence-corrected chi connectivity index (χ1v) is 9.68. The molecule has 26 heavy (non-hydrogen) atoms. The number of hydrogen-bond acceptors (Lipinski definition) is 5. The monoisotopic (exact) mass is 384 g/mol. The molecule has 0 atom stereocenters. The molecule has 0 unspecified atom stereocenters. The second-order valence-electron chi connectivity index (χ2n) is 5.38. The largest absolute Gasteiger partial charge is 0.462 e. The van der Waals surface area contributed by atoms with Crippen LogP contribution in [0.1, 0.15) is 17.3 Å². The van der Waals surface area contributed by atoms with Gasteiger partial charge in [-0.05, 0) is 25.3 Å². The Balaban J connectivity index is 2.19. The lowest BCUT2D eigenvalue weighted by atomic mass is 10.1. The molecule has 0 aliphatic carbocycles. The standard InChI is InChI=1S/C20H17ClN2O2S/c1-3-25-20(24)16-17(13-9-11-15(26-2)12-10-13)22-19(23-18(16)21)14-7-5-4-6-8-14/h4-12H,3H2,1-2H3. The highest BCUT2D eigenvalue weighted by Gasteiger charge is 2.22. The minimum Gasteiger partial charge on any atom is -0.462 e. The van der Waals surface area contributed by atoms with Gasteiger partial charge in [0.2, 0.25) is 0 Å². The maximum atomic E-state index is 12.4. The second-order valence-corrected chi connectivity index (χ2v) is 6.61. The Bertz CT molecular complexity index is 915. The summed E-state index contributed by atoms with van der Waals surface area (Å²) in [5.74, 6) is -0.0614. The molecule has 1 heterocycles. The lowest BCUT2D eigenvalue weighted by Crippen LogP contribution is -2.11. The lowest BCUT2D eigenvalue weighted by molar-refractivity contribution is 0.0526. The maximum absolute atomic E-state index is 12.4. The normalized spacial score (nSPS) is 10.6. The van der Waals surface area contributed by atoms with Gasteiger partial charge in [0.1, 0.15) is 10.7 Å². The predicted molar refractivity (Wildman–Crippen MR) is 106 cm³/mol. The number of thioether (sulfide) groups is 1. The Morgan fingerprint density at radius 1 is 1.04 bits per heavy atom. The Morgan fingerprint density at radius 2 is 1.73 bits per heavy atom. The van der Waals surface area contributed by atoms with Crippen LogP contribution in [0.25, 0.3) is 22.6 Å². The molecular weight excluding hydrogens is 368 g/mol. The molecule has 0 amide bonds. The van der Waals surface area contributed by atoms with Crippen LogP contribution in [0.4, 0.5) is 0 Å². The van der Waals surface area contributed by atoms with Gasteiger partial charge in [0.15, 0.2) is 5.82 Å². The zero-order valence-corrected chi connectivity index (χ0v) is 16.0. The highest BCUT2D eigenvalue weighted by atomic mass is 35.5. The molecule has 0 aliphatic heterocycles. The van der Waals surface area contributed by atoms with E-state index < -0.39 is 5.97 Å². The van der Waals surface area contributed by atoms with Crippen molar-refractivity contribution in [1.82, 2.24) is 9.97 Å². The molecule has 6 heteroatoms. The number of benzene rings is 2. The number of hydrogen-bond donors (Lipinski definition) is 0. The van der Waals surface area contributed by atoms with Crippen LogP contribution in [0.2, 0.25) is 5.15 Å². The minimum atomic E-state index is -0.527. The lowest BCUT2D eigenvalue weighted by Gasteiger charge is -2.12. The number of carbonyl (C=O) groups excluding carboxylic acids is 1. The van der Waals surface area contributed by atoms with Crippen molar-refractivity contribution in [1.29, 1.82) is 0 Å². The molecule has 0 saturated heterocycles. The molecule has 3 rings (SSSR count). The quantitative estimate of drug-likeness (QED) is 0.336. The van der Waals surface area contributed by atoms with Gasteiger partial charge in [0.25, 0.3) is 0 Å². The van der Waals surface area contributed by atoms with Crippen LogP contribution in [0, 0.1) is 0 Å². The van der Waals surface area contributed by atoms with Gasteiger partial charge in [0, 0.05) is 16.0 Å². The third kappa shape index (κ3) is 3.89. The molecule has 0 spiro atoms. The summed E-state index contributed by atoms with van der Waals surface area (Å²) in [6, 6.07) is 17.3. The third-order valence-electron chi connectivity index (χ3n) is 3.74. The molecule has 132 valence electrons. The Labute approximate surface area is 161 Å². The number of esters is 1. The molecule has 0 radical (unpaired) electrons. The van der Waals surface area contributed by atoms with E-state index in [9.17, 15) is 4.79 Å². The number of rotatable bonds is 5. The van der Waals surface area contributed by atoms with E-state index in [1.54, 1.807) is 18.7 Å². The number of nitrogens with zero attached hydrogens (tertiary/aromatic N) is 2. The zero-order valence-electron chi connectivity index (χ0n) is 14.4. The van der Waals surface area contributed by atoms with Crippen molar-refractivity contribution in [3.63, 3.8) is 0 Å². The van der Waals surface area contributed by atoms with Crippen molar-refractivity contribution in [2.24, 2.45) is 0 Å². The number of halogens is 1. The smallest absolute Gasteiger partial charge is 0.343 e. The summed E-state index contributed by atoms with van der Waals surface area (Å²) in [6.45, 7) is 2.00. The maximum Gasteiger partial charge on any atom is 0.343 e. The van der Waals surface area contributed by atoms with Gasteiger partial charge >= 0.3 is 5.97 Å². The van der Waals surface area contributed by atoms with Gasteiger partial charge in [0.05, 0.1) is 12.3 Å². The second kappa shape index (κ2) is 8.34. The summed E-state index contributed by atoms with van der Waals surface area (Å²) in [4.78, 5) is 22.5. The highest BCUT2D eigenvalue weighted by Crippen LogP contribution is 2.31. The fourth-order valence-corrected chi connectivity index (χ4v) is 3.15. The van der Waals surface area contributed by atoms with Crippen LogP contribution in [-0.4, -0.2) is 28.8 Å². The first-order chi connectivity index (χ1) is 12.6. The van der Waals surface area contributed by atoms with Crippen LogP contribution in [0.15, 0.2) is 59.5 Å². The van der Waals surface area contributed by atoms with E-state index in [1.165, 1.54) is 0 Å². The van der Waals surface area contributed by atoms with E-state index in [0.29, 0.717) is 11.5 Å². The van der Waals surface area contributed by atoms with E-state index in [-0.39, 0.29) is 17.3 Å². The Hall–Kier alpha value is -2.37. The molecule has 0 aliphatic rings. The summed E-state index contributed by atoms with van der Waals surface area (Å²) in [5, 5.41) is 0.0845. The fraction of sp³-hybridized carbons (Fsp3) is 0.150.